The highest BCUT2D eigenvalue weighted by Crippen LogP contribution is 2.26. The summed E-state index contributed by atoms with van der Waals surface area (Å²) in [4.78, 5) is 8.29. The Bertz CT molecular complexity index is 955. The molecule has 0 aliphatic heterocycles. The van der Waals surface area contributed by atoms with Crippen LogP contribution in [0.25, 0.3) is 22.5 Å². The van der Waals surface area contributed by atoms with Gasteiger partial charge in [-0.3, -0.25) is 0 Å². The first kappa shape index (κ1) is 15.2. The summed E-state index contributed by atoms with van der Waals surface area (Å²) in [5.41, 5.74) is 2.37. The standard InChI is InChI=1S/C17H14N2O3S/c1-23(21,22)17-18-15(12-6-3-2-4-7-12)11-16(19-17)13-8-5-9-14(20)10-13/h2-11,20H,1H3. The minimum Gasteiger partial charge on any atom is -0.508 e. The van der Waals surface area contributed by atoms with E-state index in [0.717, 1.165) is 11.8 Å². The van der Waals surface area contributed by atoms with Crippen LogP contribution in [0.3, 0.4) is 0 Å². The Morgan fingerprint density at radius 2 is 1.43 bits per heavy atom. The molecule has 116 valence electrons. The Hall–Kier alpha value is -2.73. The van der Waals surface area contributed by atoms with Crippen LogP contribution >= 0.6 is 0 Å². The van der Waals surface area contributed by atoms with Crippen LogP contribution in [0.1, 0.15) is 0 Å². The number of rotatable bonds is 3. The van der Waals surface area contributed by atoms with E-state index in [2.05, 4.69) is 9.97 Å². The fourth-order valence-electron chi connectivity index (χ4n) is 2.16. The van der Waals surface area contributed by atoms with Crippen molar-refractivity contribution in [3.05, 3.63) is 60.7 Å². The van der Waals surface area contributed by atoms with Crippen LogP contribution in [0.15, 0.2) is 65.8 Å². The molecule has 5 nitrogen and oxygen atoms in total. The third-order valence-electron chi connectivity index (χ3n) is 3.25. The molecule has 0 spiro atoms. The molecule has 0 unspecified atom stereocenters. The highest BCUT2D eigenvalue weighted by atomic mass is 32.2. The van der Waals surface area contributed by atoms with Crippen molar-refractivity contribution in [3.63, 3.8) is 0 Å². The normalized spacial score (nSPS) is 11.3. The number of hydrogen-bond donors (Lipinski definition) is 1. The molecule has 1 heterocycles. The van der Waals surface area contributed by atoms with Crippen molar-refractivity contribution in [2.45, 2.75) is 5.16 Å². The molecule has 0 radical (unpaired) electrons. The lowest BCUT2D eigenvalue weighted by Crippen LogP contribution is -2.06. The minimum absolute atomic E-state index is 0.0864. The Morgan fingerprint density at radius 1 is 0.826 bits per heavy atom. The fraction of sp³-hybridized carbons (Fsp3) is 0.0588. The van der Waals surface area contributed by atoms with Gasteiger partial charge in [0.2, 0.25) is 15.0 Å². The van der Waals surface area contributed by atoms with Crippen LogP contribution in [0, 0.1) is 0 Å². The molecule has 0 saturated heterocycles. The zero-order valence-corrected chi connectivity index (χ0v) is 13.2. The number of phenolic OH excluding ortho intramolecular Hbond substituents is 1. The lowest BCUT2D eigenvalue weighted by atomic mass is 10.1. The molecule has 1 aromatic heterocycles. The van der Waals surface area contributed by atoms with E-state index in [1.165, 1.54) is 6.07 Å². The molecule has 0 atom stereocenters. The molecule has 0 aliphatic rings. The molecule has 0 aliphatic carbocycles. The molecule has 3 rings (SSSR count). The van der Waals surface area contributed by atoms with Gasteiger partial charge in [-0.25, -0.2) is 18.4 Å². The van der Waals surface area contributed by atoms with Crippen molar-refractivity contribution in [1.29, 1.82) is 0 Å². The van der Waals surface area contributed by atoms with Gasteiger partial charge in [0.05, 0.1) is 11.4 Å². The largest absolute Gasteiger partial charge is 0.508 e. The minimum atomic E-state index is -3.56. The lowest BCUT2D eigenvalue weighted by molar-refractivity contribution is 0.475. The summed E-state index contributed by atoms with van der Waals surface area (Å²) in [7, 11) is -3.56. The van der Waals surface area contributed by atoms with Crippen LogP contribution in [0.4, 0.5) is 0 Å². The van der Waals surface area contributed by atoms with E-state index in [1.807, 2.05) is 30.3 Å². The molecule has 23 heavy (non-hydrogen) atoms. The van der Waals surface area contributed by atoms with E-state index in [-0.39, 0.29) is 10.9 Å². The Labute approximate surface area is 134 Å². The van der Waals surface area contributed by atoms with E-state index in [9.17, 15) is 13.5 Å². The molecular formula is C17H14N2O3S. The highest BCUT2D eigenvalue weighted by molar-refractivity contribution is 7.90. The number of benzene rings is 2. The van der Waals surface area contributed by atoms with Crippen molar-refractivity contribution < 1.29 is 13.5 Å². The lowest BCUT2D eigenvalue weighted by Gasteiger charge is -2.08. The monoisotopic (exact) mass is 326 g/mol. The molecule has 2 aromatic carbocycles. The first-order valence-electron chi connectivity index (χ1n) is 6.87. The van der Waals surface area contributed by atoms with Gasteiger partial charge in [-0.05, 0) is 18.2 Å². The third-order valence-corrected chi connectivity index (χ3v) is 4.09. The second kappa shape index (κ2) is 5.81. The predicted molar refractivity (Wildman–Crippen MR) is 87.7 cm³/mol. The van der Waals surface area contributed by atoms with Crippen LogP contribution in [-0.4, -0.2) is 29.7 Å². The van der Waals surface area contributed by atoms with Crippen LogP contribution in [0.5, 0.6) is 5.75 Å². The summed E-state index contributed by atoms with van der Waals surface area (Å²) in [5, 5.41) is 9.39. The quantitative estimate of drug-likeness (QED) is 0.749. The fourth-order valence-corrected chi connectivity index (χ4v) is 2.69. The van der Waals surface area contributed by atoms with Gasteiger partial charge in [0.1, 0.15) is 5.75 Å². The van der Waals surface area contributed by atoms with Gasteiger partial charge in [-0.2, -0.15) is 0 Å². The van der Waals surface area contributed by atoms with Gasteiger partial charge in [-0.1, -0.05) is 42.5 Å². The Balaban J connectivity index is 2.24. The van der Waals surface area contributed by atoms with Crippen molar-refractivity contribution >= 4 is 9.84 Å². The molecule has 3 aromatic rings. The first-order chi connectivity index (χ1) is 10.9. The SMILES string of the molecule is CS(=O)(=O)c1nc(-c2ccccc2)cc(-c2cccc(O)c2)n1. The summed E-state index contributed by atoms with van der Waals surface area (Å²) in [6, 6.07) is 17.5. The predicted octanol–water partition coefficient (Wildman–Crippen LogP) is 2.92. The average Bonchev–Trinajstić information content (AvgIpc) is 2.54. The maximum Gasteiger partial charge on any atom is 0.247 e. The summed E-state index contributed by atoms with van der Waals surface area (Å²) < 4.78 is 23.8. The summed E-state index contributed by atoms with van der Waals surface area (Å²) in [6.07, 6.45) is 1.07. The maximum atomic E-state index is 11.9. The molecule has 0 amide bonds. The Kier molecular flexibility index (Phi) is 3.83. The highest BCUT2D eigenvalue weighted by Gasteiger charge is 2.16. The smallest absolute Gasteiger partial charge is 0.247 e. The van der Waals surface area contributed by atoms with E-state index in [1.54, 1.807) is 24.3 Å². The maximum absolute atomic E-state index is 11.9. The molecule has 0 bridgehead atoms. The van der Waals surface area contributed by atoms with E-state index < -0.39 is 9.84 Å². The van der Waals surface area contributed by atoms with Gasteiger partial charge >= 0.3 is 0 Å². The topological polar surface area (TPSA) is 80.2 Å². The van der Waals surface area contributed by atoms with Gasteiger partial charge in [0, 0.05) is 17.4 Å². The number of hydrogen-bond acceptors (Lipinski definition) is 5. The summed E-state index contributed by atoms with van der Waals surface area (Å²) in [6.45, 7) is 0. The van der Waals surface area contributed by atoms with Crippen molar-refractivity contribution in [1.82, 2.24) is 9.97 Å². The van der Waals surface area contributed by atoms with E-state index >= 15 is 0 Å². The summed E-state index contributed by atoms with van der Waals surface area (Å²) in [5.74, 6) is 0.0864. The molecule has 6 heteroatoms. The number of aromatic hydroxyl groups is 1. The third kappa shape index (κ3) is 3.37. The number of phenols is 1. The van der Waals surface area contributed by atoms with Crippen molar-refractivity contribution in [3.8, 4) is 28.3 Å². The van der Waals surface area contributed by atoms with Crippen molar-refractivity contribution in [2.75, 3.05) is 6.26 Å². The zero-order valence-electron chi connectivity index (χ0n) is 12.3. The Morgan fingerprint density at radius 3 is 2.04 bits per heavy atom. The number of sulfone groups is 1. The first-order valence-corrected chi connectivity index (χ1v) is 8.76. The van der Waals surface area contributed by atoms with Gasteiger partial charge in [-0.15, -0.1) is 0 Å². The van der Waals surface area contributed by atoms with Gasteiger partial charge in [0.25, 0.3) is 0 Å². The van der Waals surface area contributed by atoms with Gasteiger partial charge < -0.3 is 5.11 Å². The van der Waals surface area contributed by atoms with E-state index in [4.69, 9.17) is 0 Å². The van der Waals surface area contributed by atoms with E-state index in [0.29, 0.717) is 17.0 Å². The molecule has 0 fully saturated rings. The van der Waals surface area contributed by atoms with Crippen LogP contribution in [-0.2, 0) is 9.84 Å². The number of aromatic nitrogens is 2. The second-order valence-corrected chi connectivity index (χ2v) is 7.02. The molecule has 0 saturated carbocycles. The van der Waals surface area contributed by atoms with Crippen molar-refractivity contribution in [2.24, 2.45) is 0 Å². The molecular weight excluding hydrogens is 312 g/mol. The number of nitrogens with zero attached hydrogens (tertiary/aromatic N) is 2. The van der Waals surface area contributed by atoms with Gasteiger partial charge in [0.15, 0.2) is 0 Å². The van der Waals surface area contributed by atoms with Crippen LogP contribution < -0.4 is 0 Å². The average molecular weight is 326 g/mol. The second-order valence-electron chi connectivity index (χ2n) is 5.11. The van der Waals surface area contributed by atoms with Crippen LogP contribution in [0.2, 0.25) is 0 Å². The summed E-state index contributed by atoms with van der Waals surface area (Å²) >= 11 is 0. The molecule has 1 N–H and O–H groups in total. The zero-order chi connectivity index (χ0) is 16.4.